The first-order chi connectivity index (χ1) is 11.5. The van der Waals surface area contributed by atoms with Gasteiger partial charge in [0.25, 0.3) is 5.91 Å². The van der Waals surface area contributed by atoms with Crippen LogP contribution in [0, 0.1) is 12.7 Å². The van der Waals surface area contributed by atoms with Gasteiger partial charge in [0.2, 0.25) is 0 Å². The molecule has 0 aliphatic heterocycles. The van der Waals surface area contributed by atoms with Gasteiger partial charge < -0.3 is 10.1 Å². The average molecular weight is 349 g/mol. The number of amides is 1. The first-order valence-corrected chi connectivity index (χ1v) is 8.99. The van der Waals surface area contributed by atoms with Gasteiger partial charge in [-0.1, -0.05) is 18.2 Å². The topological polar surface area (TPSA) is 55.4 Å². The Kier molecular flexibility index (Phi) is 6.63. The lowest BCUT2D eigenvalue weighted by Gasteiger charge is -2.09. The predicted molar refractivity (Wildman–Crippen MR) is 94.1 cm³/mol. The molecule has 0 aliphatic carbocycles. The van der Waals surface area contributed by atoms with Gasteiger partial charge in [-0.2, -0.15) is 0 Å². The monoisotopic (exact) mass is 349 g/mol. The van der Waals surface area contributed by atoms with E-state index in [1.807, 2.05) is 6.07 Å². The Hall–Kier alpha value is -2.05. The van der Waals surface area contributed by atoms with Crippen LogP contribution in [0.3, 0.4) is 0 Å². The zero-order valence-corrected chi connectivity index (χ0v) is 14.5. The maximum absolute atomic E-state index is 13.3. The number of benzene rings is 2. The van der Waals surface area contributed by atoms with E-state index < -0.39 is 16.6 Å². The highest BCUT2D eigenvalue weighted by atomic mass is 32.2. The normalized spacial score (nSPS) is 12.0. The van der Waals surface area contributed by atoms with Gasteiger partial charge >= 0.3 is 0 Å². The zero-order valence-electron chi connectivity index (χ0n) is 13.7. The van der Waals surface area contributed by atoms with Crippen LogP contribution in [0.4, 0.5) is 10.1 Å². The number of rotatable bonds is 7. The van der Waals surface area contributed by atoms with Crippen molar-refractivity contribution in [1.82, 2.24) is 0 Å². The minimum absolute atomic E-state index is 0.295. The summed E-state index contributed by atoms with van der Waals surface area (Å²) in [5.41, 5.74) is 2.44. The maximum atomic E-state index is 13.3. The summed E-state index contributed by atoms with van der Waals surface area (Å²) in [5, 5.41) is 2.75. The van der Waals surface area contributed by atoms with E-state index >= 15 is 0 Å². The SMILES string of the molecule is COCCS(=O)Cc1cccc(NC(=O)c2cc(F)ccc2C)c1. The third-order valence-corrected chi connectivity index (χ3v) is 4.75. The molecule has 24 heavy (non-hydrogen) atoms. The van der Waals surface area contributed by atoms with E-state index in [1.54, 1.807) is 38.3 Å². The Morgan fingerprint density at radius 1 is 1.25 bits per heavy atom. The van der Waals surface area contributed by atoms with E-state index in [-0.39, 0.29) is 5.91 Å². The zero-order chi connectivity index (χ0) is 17.5. The lowest BCUT2D eigenvalue weighted by molar-refractivity contribution is 0.102. The Balaban J connectivity index is 2.07. The summed E-state index contributed by atoms with van der Waals surface area (Å²) in [4.78, 5) is 12.3. The molecule has 0 aliphatic rings. The van der Waals surface area contributed by atoms with Crippen LogP contribution in [0.2, 0.25) is 0 Å². The molecule has 1 unspecified atom stereocenters. The average Bonchev–Trinajstić information content (AvgIpc) is 2.55. The molecule has 4 nitrogen and oxygen atoms in total. The third kappa shape index (κ3) is 5.25. The molecule has 0 heterocycles. The largest absolute Gasteiger partial charge is 0.384 e. The Labute approximate surface area is 143 Å². The summed E-state index contributed by atoms with van der Waals surface area (Å²) in [6, 6.07) is 11.3. The van der Waals surface area contributed by atoms with Gasteiger partial charge in [-0.05, 0) is 42.3 Å². The lowest BCUT2D eigenvalue weighted by atomic mass is 10.1. The highest BCUT2D eigenvalue weighted by Gasteiger charge is 2.11. The van der Waals surface area contributed by atoms with Gasteiger partial charge in [-0.15, -0.1) is 0 Å². The number of nitrogens with one attached hydrogen (secondary N) is 1. The highest BCUT2D eigenvalue weighted by Crippen LogP contribution is 2.16. The summed E-state index contributed by atoms with van der Waals surface area (Å²) >= 11 is 0. The quantitative estimate of drug-likeness (QED) is 0.835. The van der Waals surface area contributed by atoms with Crippen LogP contribution in [0.5, 0.6) is 0 Å². The van der Waals surface area contributed by atoms with Crippen molar-refractivity contribution in [2.75, 3.05) is 24.8 Å². The number of carbonyl (C=O) groups excluding carboxylic acids is 1. The molecule has 2 aromatic carbocycles. The van der Waals surface area contributed by atoms with Crippen LogP contribution in [0.25, 0.3) is 0 Å². The molecule has 0 bridgehead atoms. The summed E-state index contributed by atoms with van der Waals surface area (Å²) in [7, 11) is 0.549. The van der Waals surface area contributed by atoms with Crippen LogP contribution < -0.4 is 5.32 Å². The fourth-order valence-corrected chi connectivity index (χ4v) is 3.26. The second kappa shape index (κ2) is 8.70. The first kappa shape index (κ1) is 18.3. The van der Waals surface area contributed by atoms with Gasteiger partial charge in [0.15, 0.2) is 0 Å². The van der Waals surface area contributed by atoms with Crippen LogP contribution in [0.15, 0.2) is 42.5 Å². The molecule has 0 fully saturated rings. The maximum Gasteiger partial charge on any atom is 0.256 e. The van der Waals surface area contributed by atoms with Crippen LogP contribution in [-0.2, 0) is 21.3 Å². The number of anilines is 1. The van der Waals surface area contributed by atoms with E-state index in [1.165, 1.54) is 12.1 Å². The van der Waals surface area contributed by atoms with E-state index in [4.69, 9.17) is 4.74 Å². The fourth-order valence-electron chi connectivity index (χ4n) is 2.21. The highest BCUT2D eigenvalue weighted by molar-refractivity contribution is 7.84. The molecule has 1 N–H and O–H groups in total. The van der Waals surface area contributed by atoms with Crippen LogP contribution in [-0.4, -0.2) is 29.6 Å². The molecule has 0 spiro atoms. The molecule has 0 aromatic heterocycles. The number of hydrogen-bond acceptors (Lipinski definition) is 3. The van der Waals surface area contributed by atoms with Crippen molar-refractivity contribution in [2.24, 2.45) is 0 Å². The molecule has 2 aromatic rings. The van der Waals surface area contributed by atoms with Crippen molar-refractivity contribution in [2.45, 2.75) is 12.7 Å². The standard InChI is InChI=1S/C18H20FNO3S/c1-13-6-7-15(19)11-17(13)18(21)20-16-5-3-4-14(10-16)12-24(22)9-8-23-2/h3-7,10-11H,8-9,12H2,1-2H3,(H,20,21). The molecular weight excluding hydrogens is 329 g/mol. The Bertz CT molecular complexity index is 749. The van der Waals surface area contributed by atoms with Gasteiger partial charge in [0.05, 0.1) is 6.61 Å². The van der Waals surface area contributed by atoms with E-state index in [9.17, 15) is 13.4 Å². The molecule has 1 amide bonds. The van der Waals surface area contributed by atoms with Crippen molar-refractivity contribution in [3.63, 3.8) is 0 Å². The lowest BCUT2D eigenvalue weighted by Crippen LogP contribution is -2.14. The van der Waals surface area contributed by atoms with E-state index in [0.29, 0.717) is 34.9 Å². The number of halogens is 1. The van der Waals surface area contributed by atoms with Gasteiger partial charge in [-0.25, -0.2) is 4.39 Å². The summed E-state index contributed by atoms with van der Waals surface area (Å²) in [6.45, 7) is 2.20. The van der Waals surface area contributed by atoms with Crippen LogP contribution in [0.1, 0.15) is 21.5 Å². The molecule has 6 heteroatoms. The fraction of sp³-hybridized carbons (Fsp3) is 0.278. The molecule has 2 rings (SSSR count). The van der Waals surface area contributed by atoms with Gasteiger partial charge in [0, 0.05) is 40.7 Å². The first-order valence-electron chi connectivity index (χ1n) is 7.50. The van der Waals surface area contributed by atoms with Crippen molar-refractivity contribution in [3.8, 4) is 0 Å². The predicted octanol–water partition coefficient (Wildman–Crippen LogP) is 3.28. The van der Waals surface area contributed by atoms with E-state index in [0.717, 1.165) is 5.56 Å². The molecule has 0 radical (unpaired) electrons. The van der Waals surface area contributed by atoms with Crippen molar-refractivity contribution in [3.05, 3.63) is 65.0 Å². The van der Waals surface area contributed by atoms with Crippen LogP contribution >= 0.6 is 0 Å². The minimum atomic E-state index is -1.02. The smallest absolute Gasteiger partial charge is 0.256 e. The van der Waals surface area contributed by atoms with Gasteiger partial charge in [-0.3, -0.25) is 9.00 Å². The number of hydrogen-bond donors (Lipinski definition) is 1. The van der Waals surface area contributed by atoms with Crippen molar-refractivity contribution < 1.29 is 18.1 Å². The Morgan fingerprint density at radius 3 is 2.79 bits per heavy atom. The number of ether oxygens (including phenoxy) is 1. The minimum Gasteiger partial charge on any atom is -0.384 e. The molecule has 1 atom stereocenters. The summed E-state index contributed by atoms with van der Waals surface area (Å²) in [5.74, 6) is 0.0412. The number of carbonyl (C=O) groups is 1. The molecule has 128 valence electrons. The van der Waals surface area contributed by atoms with Gasteiger partial charge in [0.1, 0.15) is 5.82 Å². The van der Waals surface area contributed by atoms with Crippen molar-refractivity contribution >= 4 is 22.4 Å². The second-order valence-electron chi connectivity index (χ2n) is 5.39. The van der Waals surface area contributed by atoms with Crippen molar-refractivity contribution in [1.29, 1.82) is 0 Å². The van der Waals surface area contributed by atoms with E-state index in [2.05, 4.69) is 5.32 Å². The number of aryl methyl sites for hydroxylation is 1. The number of methoxy groups -OCH3 is 1. The summed E-state index contributed by atoms with van der Waals surface area (Å²) < 4.78 is 30.2. The molecular formula is C18H20FNO3S. The third-order valence-electron chi connectivity index (χ3n) is 3.47. The molecule has 0 saturated carbocycles. The molecule has 0 saturated heterocycles. The second-order valence-corrected chi connectivity index (χ2v) is 6.97. The summed E-state index contributed by atoms with van der Waals surface area (Å²) in [6.07, 6.45) is 0. The Morgan fingerprint density at radius 2 is 2.04 bits per heavy atom.